The van der Waals surface area contributed by atoms with E-state index in [1.807, 2.05) is 39.0 Å². The molecule has 0 spiro atoms. The van der Waals surface area contributed by atoms with Crippen molar-refractivity contribution in [3.05, 3.63) is 70.0 Å². The highest BCUT2D eigenvalue weighted by Gasteiger charge is 2.36. The third kappa shape index (κ3) is 4.58. The molecular formula is C23H23N3O4S2. The first-order valence-corrected chi connectivity index (χ1v) is 12.0. The Bertz CT molecular complexity index is 1170. The Hall–Kier alpha value is -3.04. The van der Waals surface area contributed by atoms with Crippen LogP contribution in [0.4, 0.5) is 10.7 Å². The molecular weight excluding hydrogens is 446 g/mol. The number of carbonyl (C=O) groups excluding carboxylic acids is 3. The molecule has 32 heavy (non-hydrogen) atoms. The van der Waals surface area contributed by atoms with Gasteiger partial charge in [-0.15, -0.1) is 23.1 Å². The highest BCUT2D eigenvalue weighted by Crippen LogP contribution is 2.32. The second kappa shape index (κ2) is 9.22. The number of hydrogen-bond acceptors (Lipinski definition) is 6. The number of thioether (sulfide) groups is 1. The van der Waals surface area contributed by atoms with E-state index in [2.05, 4.69) is 10.6 Å². The van der Waals surface area contributed by atoms with Crippen LogP contribution < -0.4 is 10.6 Å². The number of nitrogens with one attached hydrogen (secondary N) is 2. The van der Waals surface area contributed by atoms with E-state index in [9.17, 15) is 14.4 Å². The van der Waals surface area contributed by atoms with Crippen LogP contribution in [0.2, 0.25) is 0 Å². The number of nitrogens with zero attached hydrogens (tertiary/aromatic N) is 1. The summed E-state index contributed by atoms with van der Waals surface area (Å²) in [5.74, 6) is 0.383. The topological polar surface area (TPSA) is 91.7 Å². The maximum Gasteiger partial charge on any atom is 0.291 e. The predicted molar refractivity (Wildman–Crippen MR) is 128 cm³/mol. The highest BCUT2D eigenvalue weighted by atomic mass is 32.2. The van der Waals surface area contributed by atoms with Crippen molar-refractivity contribution >= 4 is 51.5 Å². The molecule has 1 aromatic carbocycles. The lowest BCUT2D eigenvalue weighted by Gasteiger charge is -2.23. The molecule has 3 heterocycles. The van der Waals surface area contributed by atoms with Gasteiger partial charge in [0.05, 0.1) is 22.0 Å². The van der Waals surface area contributed by atoms with Crippen LogP contribution >= 0.6 is 23.1 Å². The number of furan rings is 1. The molecule has 0 saturated carbocycles. The van der Waals surface area contributed by atoms with Gasteiger partial charge < -0.3 is 20.0 Å². The molecule has 1 fully saturated rings. The first-order valence-electron chi connectivity index (χ1n) is 10.1. The largest absolute Gasteiger partial charge is 0.459 e. The number of amides is 3. The normalized spacial score (nSPS) is 15.6. The molecule has 3 amide bonds. The van der Waals surface area contributed by atoms with Gasteiger partial charge in [-0.1, -0.05) is 6.07 Å². The molecule has 0 radical (unpaired) electrons. The molecule has 1 atom stereocenters. The van der Waals surface area contributed by atoms with Crippen LogP contribution in [-0.2, 0) is 4.79 Å². The van der Waals surface area contributed by atoms with Crippen molar-refractivity contribution in [3.63, 3.8) is 0 Å². The number of aryl methyl sites for hydroxylation is 3. The summed E-state index contributed by atoms with van der Waals surface area (Å²) in [5.41, 5.74) is 3.71. The van der Waals surface area contributed by atoms with E-state index in [0.29, 0.717) is 21.5 Å². The fourth-order valence-corrected chi connectivity index (χ4v) is 5.55. The summed E-state index contributed by atoms with van der Waals surface area (Å²) in [6, 6.07) is 10.2. The maximum atomic E-state index is 13.3. The average Bonchev–Trinajstić information content (AvgIpc) is 3.51. The van der Waals surface area contributed by atoms with E-state index in [0.717, 1.165) is 22.4 Å². The zero-order valence-electron chi connectivity index (χ0n) is 17.9. The smallest absolute Gasteiger partial charge is 0.291 e. The van der Waals surface area contributed by atoms with E-state index in [4.69, 9.17) is 4.42 Å². The minimum absolute atomic E-state index is 0.197. The number of hydrogen-bond donors (Lipinski definition) is 2. The van der Waals surface area contributed by atoms with Crippen molar-refractivity contribution in [2.75, 3.05) is 22.3 Å². The molecule has 2 aromatic heterocycles. The van der Waals surface area contributed by atoms with Gasteiger partial charge in [-0.25, -0.2) is 0 Å². The zero-order valence-corrected chi connectivity index (χ0v) is 19.6. The predicted octanol–water partition coefficient (Wildman–Crippen LogP) is 4.67. The summed E-state index contributed by atoms with van der Waals surface area (Å²) in [6.07, 6.45) is 1.43. The van der Waals surface area contributed by atoms with Crippen LogP contribution in [0.1, 0.15) is 36.9 Å². The summed E-state index contributed by atoms with van der Waals surface area (Å²) >= 11 is 2.74. The monoisotopic (exact) mass is 469 g/mol. The summed E-state index contributed by atoms with van der Waals surface area (Å²) in [4.78, 5) is 40.5. The Morgan fingerprint density at radius 3 is 2.56 bits per heavy atom. The lowest BCUT2D eigenvalue weighted by molar-refractivity contribution is -0.119. The summed E-state index contributed by atoms with van der Waals surface area (Å²) in [7, 11) is 0. The summed E-state index contributed by atoms with van der Waals surface area (Å²) in [6.45, 7) is 5.83. The fourth-order valence-electron chi connectivity index (χ4n) is 3.37. The molecule has 3 aromatic rings. The first-order chi connectivity index (χ1) is 15.3. The van der Waals surface area contributed by atoms with E-state index in [-0.39, 0.29) is 23.5 Å². The van der Waals surface area contributed by atoms with Gasteiger partial charge in [-0.2, -0.15) is 0 Å². The van der Waals surface area contributed by atoms with E-state index >= 15 is 0 Å². The Labute approximate surface area is 194 Å². The second-order valence-electron chi connectivity index (χ2n) is 7.63. The van der Waals surface area contributed by atoms with Gasteiger partial charge in [0.1, 0.15) is 6.04 Å². The van der Waals surface area contributed by atoms with Gasteiger partial charge >= 0.3 is 0 Å². The second-order valence-corrected chi connectivity index (χ2v) is 9.69. The lowest BCUT2D eigenvalue weighted by Crippen LogP contribution is -2.44. The lowest BCUT2D eigenvalue weighted by atomic mass is 10.1. The maximum absolute atomic E-state index is 13.3. The number of anilines is 2. The average molecular weight is 470 g/mol. The fraction of sp³-hybridized carbons (Fsp3) is 0.261. The van der Waals surface area contributed by atoms with Crippen molar-refractivity contribution in [2.24, 2.45) is 0 Å². The van der Waals surface area contributed by atoms with Crippen LogP contribution in [-0.4, -0.2) is 40.3 Å². The van der Waals surface area contributed by atoms with Crippen molar-refractivity contribution in [2.45, 2.75) is 26.8 Å². The molecule has 166 valence electrons. The van der Waals surface area contributed by atoms with Gasteiger partial charge in [-0.3, -0.25) is 14.4 Å². The molecule has 2 N–H and O–H groups in total. The number of thiophene rings is 1. The quantitative estimate of drug-likeness (QED) is 0.567. The van der Waals surface area contributed by atoms with E-state index in [1.54, 1.807) is 34.9 Å². The molecule has 0 bridgehead atoms. The summed E-state index contributed by atoms with van der Waals surface area (Å²) in [5, 5.41) is 6.25. The van der Waals surface area contributed by atoms with Crippen LogP contribution in [0.25, 0.3) is 0 Å². The zero-order chi connectivity index (χ0) is 22.8. The van der Waals surface area contributed by atoms with E-state index < -0.39 is 6.04 Å². The molecule has 7 nitrogen and oxygen atoms in total. The van der Waals surface area contributed by atoms with Crippen molar-refractivity contribution in [3.8, 4) is 0 Å². The van der Waals surface area contributed by atoms with Gasteiger partial charge in [0.2, 0.25) is 5.91 Å². The SMILES string of the molecule is Cc1ccc(NC(=O)C2CSCN2C(=O)c2sc(NC(=O)c3ccco3)cc2C)cc1C. The standard InChI is InChI=1S/C23H23N3O4S2/c1-13-6-7-16(9-14(13)2)24-21(27)17-11-31-12-26(17)23(29)20-15(3)10-19(32-20)25-22(28)18-5-4-8-30-18/h4-10,17H,11-12H2,1-3H3,(H,24,27)(H,25,28). The van der Waals surface area contributed by atoms with Crippen molar-refractivity contribution in [1.82, 2.24) is 4.90 Å². The van der Waals surface area contributed by atoms with Crippen LogP contribution in [0, 0.1) is 20.8 Å². The van der Waals surface area contributed by atoms with Gasteiger partial charge in [0.25, 0.3) is 11.8 Å². The first kappa shape index (κ1) is 22.2. The van der Waals surface area contributed by atoms with Gasteiger partial charge in [0.15, 0.2) is 5.76 Å². The molecule has 9 heteroatoms. The minimum Gasteiger partial charge on any atom is -0.459 e. The highest BCUT2D eigenvalue weighted by molar-refractivity contribution is 7.99. The molecule has 0 aliphatic carbocycles. The van der Waals surface area contributed by atoms with Crippen LogP contribution in [0.15, 0.2) is 47.1 Å². The van der Waals surface area contributed by atoms with Gasteiger partial charge in [-0.05, 0) is 67.8 Å². The van der Waals surface area contributed by atoms with Gasteiger partial charge in [0, 0.05) is 11.4 Å². The van der Waals surface area contributed by atoms with E-state index in [1.165, 1.54) is 17.6 Å². The third-order valence-electron chi connectivity index (χ3n) is 5.31. The molecule has 1 aliphatic rings. The molecule has 1 aliphatic heterocycles. The van der Waals surface area contributed by atoms with Crippen LogP contribution in [0.5, 0.6) is 0 Å². The Morgan fingerprint density at radius 1 is 1.03 bits per heavy atom. The van der Waals surface area contributed by atoms with Crippen LogP contribution in [0.3, 0.4) is 0 Å². The Morgan fingerprint density at radius 2 is 1.84 bits per heavy atom. The number of rotatable bonds is 5. The Kier molecular flexibility index (Phi) is 6.38. The Balaban J connectivity index is 1.47. The number of benzene rings is 1. The minimum atomic E-state index is -0.559. The third-order valence-corrected chi connectivity index (χ3v) is 7.47. The number of carbonyl (C=O) groups is 3. The van der Waals surface area contributed by atoms with Crippen molar-refractivity contribution in [1.29, 1.82) is 0 Å². The molecule has 1 unspecified atom stereocenters. The molecule has 1 saturated heterocycles. The summed E-state index contributed by atoms with van der Waals surface area (Å²) < 4.78 is 5.11. The van der Waals surface area contributed by atoms with Crippen molar-refractivity contribution < 1.29 is 18.8 Å². The molecule has 4 rings (SSSR count).